The van der Waals surface area contributed by atoms with Gasteiger partial charge in [-0.2, -0.15) is 8.78 Å². The number of esters is 1. The predicted molar refractivity (Wildman–Crippen MR) is 69.8 cm³/mol. The van der Waals surface area contributed by atoms with Crippen LogP contribution in [-0.4, -0.2) is 42.4 Å². The number of halogens is 2. The molecule has 4 rings (SSSR count). The first-order chi connectivity index (χ1) is 9.72. The average Bonchev–Trinajstić information content (AvgIpc) is 2.41. The number of alkyl halides is 2. The lowest BCUT2D eigenvalue weighted by Crippen LogP contribution is -2.63. The second-order valence-corrected chi connectivity index (χ2v) is 7.32. The lowest BCUT2D eigenvalue weighted by atomic mass is 9.47. The fourth-order valence-corrected chi connectivity index (χ4v) is 5.04. The Morgan fingerprint density at radius 3 is 2.29 bits per heavy atom. The summed E-state index contributed by atoms with van der Waals surface area (Å²) in [6.45, 7) is 0.646. The number of ether oxygens (including phenoxy) is 2. The maximum atomic E-state index is 13.1. The van der Waals surface area contributed by atoms with Crippen molar-refractivity contribution in [1.82, 2.24) is 0 Å². The van der Waals surface area contributed by atoms with E-state index in [1.165, 1.54) is 0 Å². The van der Waals surface area contributed by atoms with Crippen LogP contribution in [0.25, 0.3) is 0 Å². The first kappa shape index (κ1) is 15.2. The SMILES string of the molecule is COC12CC3CC(CO)(CC(C1)C3OC(=O)C(C)(F)F)C2. The maximum absolute atomic E-state index is 13.1. The first-order valence-corrected chi connectivity index (χ1v) is 7.48. The van der Waals surface area contributed by atoms with Crippen molar-refractivity contribution in [2.75, 3.05) is 13.7 Å². The summed E-state index contributed by atoms with van der Waals surface area (Å²) >= 11 is 0. The summed E-state index contributed by atoms with van der Waals surface area (Å²) in [7, 11) is 1.67. The number of methoxy groups -OCH3 is 1. The van der Waals surface area contributed by atoms with Gasteiger partial charge in [0.05, 0.1) is 5.60 Å². The molecule has 0 amide bonds. The van der Waals surface area contributed by atoms with Gasteiger partial charge < -0.3 is 14.6 Å². The molecule has 2 unspecified atom stereocenters. The molecule has 1 N–H and O–H groups in total. The van der Waals surface area contributed by atoms with Gasteiger partial charge in [-0.15, -0.1) is 0 Å². The molecule has 6 heteroatoms. The summed E-state index contributed by atoms with van der Waals surface area (Å²) in [4.78, 5) is 11.5. The zero-order valence-corrected chi connectivity index (χ0v) is 12.4. The van der Waals surface area contributed by atoms with Crippen LogP contribution in [-0.2, 0) is 14.3 Å². The van der Waals surface area contributed by atoms with Gasteiger partial charge in [-0.3, -0.25) is 0 Å². The smallest absolute Gasteiger partial charge is 0.376 e. The Kier molecular flexibility index (Phi) is 3.34. The minimum absolute atomic E-state index is 0.00431. The van der Waals surface area contributed by atoms with E-state index in [0.717, 1.165) is 32.1 Å². The third kappa shape index (κ3) is 2.36. The van der Waals surface area contributed by atoms with Crippen molar-refractivity contribution in [3.05, 3.63) is 0 Å². The minimum atomic E-state index is -3.46. The topological polar surface area (TPSA) is 55.8 Å². The summed E-state index contributed by atoms with van der Waals surface area (Å²) in [5, 5.41) is 9.76. The quantitative estimate of drug-likeness (QED) is 0.809. The van der Waals surface area contributed by atoms with Gasteiger partial charge in [0.25, 0.3) is 0 Å². The molecular formula is C15H22F2O4. The molecule has 21 heavy (non-hydrogen) atoms. The lowest BCUT2D eigenvalue weighted by molar-refractivity contribution is -0.241. The molecule has 4 fully saturated rings. The highest BCUT2D eigenvalue weighted by Crippen LogP contribution is 2.63. The molecule has 4 saturated carbocycles. The van der Waals surface area contributed by atoms with E-state index < -0.39 is 18.0 Å². The van der Waals surface area contributed by atoms with Crippen molar-refractivity contribution in [1.29, 1.82) is 0 Å². The fourth-order valence-electron chi connectivity index (χ4n) is 5.04. The van der Waals surface area contributed by atoms with E-state index >= 15 is 0 Å². The molecule has 4 aliphatic carbocycles. The molecule has 0 aromatic carbocycles. The summed E-state index contributed by atoms with van der Waals surface area (Å²) in [6, 6.07) is 0. The van der Waals surface area contributed by atoms with Crippen LogP contribution >= 0.6 is 0 Å². The van der Waals surface area contributed by atoms with Crippen LogP contribution in [0.3, 0.4) is 0 Å². The van der Waals surface area contributed by atoms with Gasteiger partial charge in [0.15, 0.2) is 0 Å². The van der Waals surface area contributed by atoms with Gasteiger partial charge in [0.1, 0.15) is 6.10 Å². The van der Waals surface area contributed by atoms with E-state index in [4.69, 9.17) is 9.47 Å². The number of carbonyl (C=O) groups is 1. The van der Waals surface area contributed by atoms with Gasteiger partial charge in [-0.25, -0.2) is 4.79 Å². The zero-order valence-electron chi connectivity index (χ0n) is 12.4. The van der Waals surface area contributed by atoms with Crippen LogP contribution in [0.2, 0.25) is 0 Å². The van der Waals surface area contributed by atoms with Crippen molar-refractivity contribution in [3.63, 3.8) is 0 Å². The predicted octanol–water partition coefficient (Wildman–Crippen LogP) is 2.14. The highest BCUT2D eigenvalue weighted by molar-refractivity contribution is 5.77. The van der Waals surface area contributed by atoms with Crippen LogP contribution in [0.1, 0.15) is 39.0 Å². The van der Waals surface area contributed by atoms with E-state index in [1.807, 2.05) is 0 Å². The van der Waals surface area contributed by atoms with E-state index in [0.29, 0.717) is 6.92 Å². The first-order valence-electron chi connectivity index (χ1n) is 7.48. The second-order valence-electron chi connectivity index (χ2n) is 7.32. The molecule has 4 bridgehead atoms. The van der Waals surface area contributed by atoms with Crippen molar-refractivity contribution >= 4 is 5.97 Å². The van der Waals surface area contributed by atoms with E-state index in [-0.39, 0.29) is 29.5 Å². The zero-order chi connectivity index (χ0) is 15.5. The highest BCUT2D eigenvalue weighted by Gasteiger charge is 2.63. The summed E-state index contributed by atoms with van der Waals surface area (Å²) < 4.78 is 37.0. The number of hydrogen-bond acceptors (Lipinski definition) is 4. The van der Waals surface area contributed by atoms with E-state index in [2.05, 4.69) is 0 Å². The lowest BCUT2D eigenvalue weighted by Gasteiger charge is -2.63. The van der Waals surface area contributed by atoms with Crippen molar-refractivity contribution in [2.45, 2.75) is 56.7 Å². The number of rotatable bonds is 4. The molecule has 0 aromatic heterocycles. The third-order valence-electron chi connectivity index (χ3n) is 5.66. The van der Waals surface area contributed by atoms with Gasteiger partial charge in [0.2, 0.25) is 0 Å². The maximum Gasteiger partial charge on any atom is 0.376 e. The fraction of sp³-hybridized carbons (Fsp3) is 0.933. The van der Waals surface area contributed by atoms with Gasteiger partial charge in [0, 0.05) is 20.6 Å². The molecule has 0 radical (unpaired) electrons. The second kappa shape index (κ2) is 4.62. The van der Waals surface area contributed by atoms with Crippen LogP contribution < -0.4 is 0 Å². The molecule has 4 nitrogen and oxygen atoms in total. The number of aliphatic hydroxyl groups is 1. The van der Waals surface area contributed by atoms with Gasteiger partial charge in [-0.05, 0) is 49.4 Å². The molecule has 0 aliphatic heterocycles. The third-order valence-corrected chi connectivity index (χ3v) is 5.66. The molecule has 120 valence electrons. The van der Waals surface area contributed by atoms with Crippen molar-refractivity contribution < 1.29 is 28.2 Å². The number of carbonyl (C=O) groups excluding carboxylic acids is 1. The Labute approximate surface area is 122 Å². The molecule has 0 spiro atoms. The normalized spacial score (nSPS) is 44.9. The molecule has 4 aliphatic rings. The summed E-state index contributed by atoms with van der Waals surface area (Å²) in [6.07, 6.45) is 3.22. The number of aliphatic hydroxyl groups excluding tert-OH is 1. The van der Waals surface area contributed by atoms with Crippen LogP contribution in [0, 0.1) is 17.3 Å². The van der Waals surface area contributed by atoms with Crippen molar-refractivity contribution in [2.24, 2.45) is 17.3 Å². The molecule has 0 aromatic rings. The Balaban J connectivity index is 1.81. The van der Waals surface area contributed by atoms with Crippen molar-refractivity contribution in [3.8, 4) is 0 Å². The van der Waals surface area contributed by atoms with Crippen LogP contribution in [0.5, 0.6) is 0 Å². The highest BCUT2D eigenvalue weighted by atomic mass is 19.3. The van der Waals surface area contributed by atoms with Crippen LogP contribution in [0.4, 0.5) is 8.78 Å². The van der Waals surface area contributed by atoms with E-state index in [1.54, 1.807) is 7.11 Å². The Bertz CT molecular complexity index is 407. The Hall–Kier alpha value is -0.750. The van der Waals surface area contributed by atoms with Gasteiger partial charge in [-0.1, -0.05) is 0 Å². The van der Waals surface area contributed by atoms with Gasteiger partial charge >= 0.3 is 11.9 Å². The largest absolute Gasteiger partial charge is 0.457 e. The monoisotopic (exact) mass is 304 g/mol. The summed E-state index contributed by atoms with van der Waals surface area (Å²) in [5.41, 5.74) is -0.480. The Morgan fingerprint density at radius 1 is 1.29 bits per heavy atom. The summed E-state index contributed by atoms with van der Waals surface area (Å²) in [5.74, 6) is -4.89. The molecule has 0 heterocycles. The molecular weight excluding hydrogens is 282 g/mol. The number of hydrogen-bond donors (Lipinski definition) is 1. The standard InChI is InChI=1S/C15H22F2O4/c1-13(16,17)12(19)21-11-9-3-14(8-18)4-10(11)6-15(5-9,7-14)20-2/h9-11,18H,3-8H2,1-2H3. The average molecular weight is 304 g/mol. The van der Waals surface area contributed by atoms with E-state index in [9.17, 15) is 18.7 Å². The minimum Gasteiger partial charge on any atom is -0.457 e. The Morgan fingerprint density at radius 2 is 1.86 bits per heavy atom. The molecule has 0 saturated heterocycles. The van der Waals surface area contributed by atoms with Crippen LogP contribution in [0.15, 0.2) is 0 Å². The molecule has 2 atom stereocenters.